The van der Waals surface area contributed by atoms with Crippen LogP contribution in [0.3, 0.4) is 0 Å². The Hall–Kier alpha value is -0.300. The third-order valence-electron chi connectivity index (χ3n) is 2.44. The largest absolute Gasteiger partial charge is 0.303 e. The molecule has 1 saturated heterocycles. The van der Waals surface area contributed by atoms with Crippen molar-refractivity contribution in [1.29, 1.82) is 0 Å². The van der Waals surface area contributed by atoms with Crippen LogP contribution in [-0.2, 0) is 0 Å². The molecular formula is C10H19N. The molecule has 1 aliphatic rings. The van der Waals surface area contributed by atoms with E-state index >= 15 is 0 Å². The molecule has 0 spiro atoms. The van der Waals surface area contributed by atoms with Crippen LogP contribution in [0.4, 0.5) is 0 Å². The maximum Gasteiger partial charge on any atom is 0.00186 e. The van der Waals surface area contributed by atoms with Crippen molar-refractivity contribution < 1.29 is 0 Å². The zero-order valence-corrected chi connectivity index (χ0v) is 7.77. The van der Waals surface area contributed by atoms with Crippen molar-refractivity contribution in [3.05, 3.63) is 11.6 Å². The first-order valence-corrected chi connectivity index (χ1v) is 4.77. The van der Waals surface area contributed by atoms with Gasteiger partial charge in [-0.05, 0) is 25.8 Å². The van der Waals surface area contributed by atoms with Crippen LogP contribution in [0.1, 0.15) is 33.1 Å². The normalized spacial score (nSPS) is 20.4. The summed E-state index contributed by atoms with van der Waals surface area (Å²) in [6.07, 6.45) is 6.22. The fourth-order valence-electron chi connectivity index (χ4n) is 1.65. The Balaban J connectivity index is 2.30. The predicted octanol–water partition coefficient (Wildman–Crippen LogP) is 2.44. The van der Waals surface area contributed by atoms with E-state index < -0.39 is 0 Å². The van der Waals surface area contributed by atoms with Crippen LogP contribution in [0.15, 0.2) is 11.6 Å². The fraction of sp³-hybridized carbons (Fsp3) is 0.800. The molecule has 0 aromatic rings. The summed E-state index contributed by atoms with van der Waals surface area (Å²) in [6, 6.07) is 0. The Labute approximate surface area is 70.1 Å². The third kappa shape index (κ3) is 2.66. The van der Waals surface area contributed by atoms with E-state index in [0.717, 1.165) is 0 Å². The van der Waals surface area contributed by atoms with Gasteiger partial charge >= 0.3 is 0 Å². The smallest absolute Gasteiger partial charge is 0.00186 e. The Bertz CT molecular complexity index is 128. The molecule has 0 aliphatic carbocycles. The van der Waals surface area contributed by atoms with Crippen LogP contribution in [-0.4, -0.2) is 24.5 Å². The quantitative estimate of drug-likeness (QED) is 0.551. The lowest BCUT2D eigenvalue weighted by Crippen LogP contribution is -2.30. The van der Waals surface area contributed by atoms with Gasteiger partial charge in [-0.15, -0.1) is 0 Å². The number of piperidine rings is 1. The van der Waals surface area contributed by atoms with E-state index in [-0.39, 0.29) is 0 Å². The average molecular weight is 153 g/mol. The van der Waals surface area contributed by atoms with E-state index in [4.69, 9.17) is 0 Å². The molecule has 0 saturated carbocycles. The summed E-state index contributed by atoms with van der Waals surface area (Å²) in [5, 5.41) is 0. The van der Waals surface area contributed by atoms with Crippen molar-refractivity contribution in [2.75, 3.05) is 19.6 Å². The topological polar surface area (TPSA) is 3.24 Å². The molecular weight excluding hydrogens is 134 g/mol. The van der Waals surface area contributed by atoms with Crippen molar-refractivity contribution in [2.45, 2.75) is 33.1 Å². The van der Waals surface area contributed by atoms with Crippen LogP contribution in [0, 0.1) is 0 Å². The minimum absolute atomic E-state index is 1.21. The highest BCUT2D eigenvalue weighted by molar-refractivity contribution is 5.05. The van der Waals surface area contributed by atoms with E-state index in [1.54, 1.807) is 5.57 Å². The van der Waals surface area contributed by atoms with Crippen LogP contribution in [0.5, 0.6) is 0 Å². The van der Waals surface area contributed by atoms with E-state index in [2.05, 4.69) is 24.8 Å². The second-order valence-corrected chi connectivity index (χ2v) is 3.20. The van der Waals surface area contributed by atoms with Crippen molar-refractivity contribution in [3.8, 4) is 0 Å². The molecule has 64 valence electrons. The maximum atomic E-state index is 2.52. The van der Waals surface area contributed by atoms with Gasteiger partial charge in [0.15, 0.2) is 0 Å². The van der Waals surface area contributed by atoms with Gasteiger partial charge in [0.05, 0.1) is 0 Å². The summed E-state index contributed by atoms with van der Waals surface area (Å²) in [5.41, 5.74) is 1.68. The standard InChI is InChI=1S/C10H19N/c1-3-5-10-6-8-11(4-2)9-7-10/h5H,3-4,6-9H2,1-2H3. The zero-order chi connectivity index (χ0) is 8.10. The lowest BCUT2D eigenvalue weighted by atomic mass is 10.0. The molecule has 0 atom stereocenters. The van der Waals surface area contributed by atoms with Gasteiger partial charge in [-0.2, -0.15) is 0 Å². The lowest BCUT2D eigenvalue weighted by Gasteiger charge is -2.26. The Morgan fingerprint density at radius 1 is 1.27 bits per heavy atom. The monoisotopic (exact) mass is 153 g/mol. The summed E-state index contributed by atoms with van der Waals surface area (Å²) in [6.45, 7) is 8.25. The molecule has 11 heavy (non-hydrogen) atoms. The molecule has 0 bridgehead atoms. The summed E-state index contributed by atoms with van der Waals surface area (Å²) in [7, 11) is 0. The predicted molar refractivity (Wildman–Crippen MR) is 49.7 cm³/mol. The molecule has 1 heterocycles. The number of likely N-dealkylation sites (tertiary alicyclic amines) is 1. The molecule has 1 heteroatoms. The second kappa shape index (κ2) is 4.55. The molecule has 1 aliphatic heterocycles. The third-order valence-corrected chi connectivity index (χ3v) is 2.44. The average Bonchev–Trinajstić information content (AvgIpc) is 2.07. The Kier molecular flexibility index (Phi) is 3.64. The number of hydrogen-bond donors (Lipinski definition) is 0. The van der Waals surface area contributed by atoms with Crippen LogP contribution in [0.25, 0.3) is 0 Å². The van der Waals surface area contributed by atoms with Crippen LogP contribution < -0.4 is 0 Å². The minimum atomic E-state index is 1.21. The van der Waals surface area contributed by atoms with E-state index in [1.165, 1.54) is 38.9 Å². The zero-order valence-electron chi connectivity index (χ0n) is 7.77. The van der Waals surface area contributed by atoms with Gasteiger partial charge in [-0.3, -0.25) is 0 Å². The molecule has 1 rings (SSSR count). The van der Waals surface area contributed by atoms with Gasteiger partial charge in [0, 0.05) is 13.1 Å². The summed E-state index contributed by atoms with van der Waals surface area (Å²) >= 11 is 0. The second-order valence-electron chi connectivity index (χ2n) is 3.20. The van der Waals surface area contributed by atoms with E-state index in [1.807, 2.05) is 0 Å². The molecule has 0 aromatic heterocycles. The maximum absolute atomic E-state index is 2.52. The number of allylic oxidation sites excluding steroid dienone is 1. The summed E-state index contributed by atoms with van der Waals surface area (Å²) in [4.78, 5) is 2.52. The SMILES string of the molecule is CCC=C1CCN(CC)CC1. The van der Waals surface area contributed by atoms with Crippen LogP contribution in [0.2, 0.25) is 0 Å². The molecule has 0 unspecified atom stereocenters. The van der Waals surface area contributed by atoms with Gasteiger partial charge < -0.3 is 4.90 Å². The highest BCUT2D eigenvalue weighted by Crippen LogP contribution is 2.15. The Morgan fingerprint density at radius 2 is 1.91 bits per heavy atom. The van der Waals surface area contributed by atoms with Gasteiger partial charge in [0.25, 0.3) is 0 Å². The minimum Gasteiger partial charge on any atom is -0.303 e. The fourth-order valence-corrected chi connectivity index (χ4v) is 1.65. The van der Waals surface area contributed by atoms with Crippen molar-refractivity contribution in [2.24, 2.45) is 0 Å². The molecule has 0 aromatic carbocycles. The van der Waals surface area contributed by atoms with Gasteiger partial charge in [-0.1, -0.05) is 25.5 Å². The van der Waals surface area contributed by atoms with E-state index in [9.17, 15) is 0 Å². The first-order valence-electron chi connectivity index (χ1n) is 4.77. The molecule has 1 fully saturated rings. The van der Waals surface area contributed by atoms with Crippen molar-refractivity contribution in [3.63, 3.8) is 0 Å². The first kappa shape index (κ1) is 8.79. The number of rotatable bonds is 2. The van der Waals surface area contributed by atoms with Gasteiger partial charge in [0.2, 0.25) is 0 Å². The highest BCUT2D eigenvalue weighted by Gasteiger charge is 2.10. The van der Waals surface area contributed by atoms with Crippen molar-refractivity contribution >= 4 is 0 Å². The van der Waals surface area contributed by atoms with Crippen LogP contribution >= 0.6 is 0 Å². The summed E-state index contributed by atoms with van der Waals surface area (Å²) in [5.74, 6) is 0. The molecule has 0 radical (unpaired) electrons. The van der Waals surface area contributed by atoms with Gasteiger partial charge in [-0.25, -0.2) is 0 Å². The molecule has 0 N–H and O–H groups in total. The lowest BCUT2D eigenvalue weighted by molar-refractivity contribution is 0.269. The van der Waals surface area contributed by atoms with Crippen molar-refractivity contribution in [1.82, 2.24) is 4.90 Å². The number of nitrogens with zero attached hydrogens (tertiary/aromatic N) is 1. The first-order chi connectivity index (χ1) is 5.36. The summed E-state index contributed by atoms with van der Waals surface area (Å²) < 4.78 is 0. The van der Waals surface area contributed by atoms with E-state index in [0.29, 0.717) is 0 Å². The number of hydrogen-bond acceptors (Lipinski definition) is 1. The molecule has 1 nitrogen and oxygen atoms in total. The Morgan fingerprint density at radius 3 is 2.36 bits per heavy atom. The highest BCUT2D eigenvalue weighted by atomic mass is 15.1. The van der Waals surface area contributed by atoms with Gasteiger partial charge in [0.1, 0.15) is 0 Å². The molecule has 0 amide bonds.